The first-order chi connectivity index (χ1) is 20.1. The zero-order valence-corrected chi connectivity index (χ0v) is 23.1. The molecule has 0 aliphatic carbocycles. The van der Waals surface area contributed by atoms with E-state index in [2.05, 4.69) is 14.9 Å². The Morgan fingerprint density at radius 1 is 1.00 bits per heavy atom. The Morgan fingerprint density at radius 3 is 2.36 bits per heavy atom. The Bertz CT molecular complexity index is 1930. The molecular formula is C32H26F2N6O2. The largest absolute Gasteiger partial charge is 0.383 e. The van der Waals surface area contributed by atoms with Gasteiger partial charge in [-0.15, -0.1) is 0 Å². The third kappa shape index (κ3) is 5.32. The molecule has 0 amide bonds. The van der Waals surface area contributed by atoms with Crippen LogP contribution in [0.2, 0.25) is 0 Å². The molecule has 0 unspecified atom stereocenters. The Hall–Kier alpha value is -5.43. The van der Waals surface area contributed by atoms with Gasteiger partial charge >= 0.3 is 0 Å². The standard InChI is InChI=1S/C32H26F2N6O2/c1-18(2)40-17-26(30(42)29(32(40)36-3)20-6-8-23(33)9-7-20)28(41)12-19-5-10-24(27(34)11-19)25-13-21(14-37-31(25)35)22-15-38-39(4)16-22/h5-11,13-18H,12H2,1-2,4H3,(H2,35,37). The van der Waals surface area contributed by atoms with Crippen LogP contribution in [0.15, 0.2) is 78.1 Å². The van der Waals surface area contributed by atoms with E-state index >= 15 is 4.39 Å². The second-order valence-electron chi connectivity index (χ2n) is 10.2. The van der Waals surface area contributed by atoms with E-state index in [4.69, 9.17) is 12.3 Å². The van der Waals surface area contributed by atoms with Crippen molar-refractivity contribution in [1.29, 1.82) is 0 Å². The van der Waals surface area contributed by atoms with Crippen LogP contribution in [0.25, 0.3) is 38.2 Å². The molecule has 5 aromatic rings. The first-order valence-corrected chi connectivity index (χ1v) is 13.1. The number of carbonyl (C=O) groups excluding carboxylic acids is 1. The second kappa shape index (κ2) is 11.2. The van der Waals surface area contributed by atoms with Gasteiger partial charge in [0.15, 0.2) is 11.2 Å². The number of aromatic nitrogens is 4. The number of rotatable bonds is 7. The van der Waals surface area contributed by atoms with Gasteiger partial charge in [-0.1, -0.05) is 30.8 Å². The van der Waals surface area contributed by atoms with Crippen molar-refractivity contribution in [3.8, 4) is 33.4 Å². The van der Waals surface area contributed by atoms with Crippen LogP contribution < -0.4 is 11.2 Å². The summed E-state index contributed by atoms with van der Waals surface area (Å²) in [5, 5.41) is 4.15. The van der Waals surface area contributed by atoms with Crippen LogP contribution in [-0.2, 0) is 13.5 Å². The summed E-state index contributed by atoms with van der Waals surface area (Å²) in [6.07, 6.45) is 6.18. The third-order valence-corrected chi connectivity index (χ3v) is 6.95. The summed E-state index contributed by atoms with van der Waals surface area (Å²) in [5.41, 5.74) is 8.11. The molecule has 2 N–H and O–H groups in total. The second-order valence-corrected chi connectivity index (χ2v) is 10.2. The summed E-state index contributed by atoms with van der Waals surface area (Å²) in [6.45, 7) is 11.3. The van der Waals surface area contributed by atoms with Crippen LogP contribution in [-0.4, -0.2) is 25.1 Å². The number of ketones is 1. The van der Waals surface area contributed by atoms with Crippen LogP contribution in [0, 0.1) is 18.2 Å². The van der Waals surface area contributed by atoms with Crippen LogP contribution in [0.3, 0.4) is 0 Å². The molecule has 3 heterocycles. The van der Waals surface area contributed by atoms with Crippen molar-refractivity contribution in [2.45, 2.75) is 26.3 Å². The molecule has 0 saturated heterocycles. The van der Waals surface area contributed by atoms with Gasteiger partial charge in [0.25, 0.3) is 0 Å². The van der Waals surface area contributed by atoms with Crippen molar-refractivity contribution in [2.75, 3.05) is 5.73 Å². The van der Waals surface area contributed by atoms with Crippen LogP contribution >= 0.6 is 0 Å². The van der Waals surface area contributed by atoms with Gasteiger partial charge in [-0.3, -0.25) is 18.8 Å². The van der Waals surface area contributed by atoms with Crippen LogP contribution in [0.4, 0.5) is 20.4 Å². The molecule has 0 atom stereocenters. The van der Waals surface area contributed by atoms with E-state index < -0.39 is 22.8 Å². The first kappa shape index (κ1) is 28.1. The average molecular weight is 565 g/mol. The van der Waals surface area contributed by atoms with Crippen molar-refractivity contribution in [3.05, 3.63) is 118 Å². The van der Waals surface area contributed by atoms with E-state index in [9.17, 15) is 14.0 Å². The molecule has 0 aliphatic rings. The summed E-state index contributed by atoms with van der Waals surface area (Å²) >= 11 is 0. The molecule has 210 valence electrons. The lowest BCUT2D eigenvalue weighted by Gasteiger charge is -2.16. The molecule has 0 spiro atoms. The molecule has 0 fully saturated rings. The molecule has 0 aliphatic heterocycles. The van der Waals surface area contributed by atoms with Crippen molar-refractivity contribution in [2.24, 2.45) is 7.05 Å². The number of nitrogen functional groups attached to an aromatic ring is 1. The van der Waals surface area contributed by atoms with Crippen molar-refractivity contribution < 1.29 is 13.6 Å². The number of benzene rings is 2. The molecular weight excluding hydrogens is 538 g/mol. The lowest BCUT2D eigenvalue weighted by Crippen LogP contribution is -2.22. The van der Waals surface area contributed by atoms with E-state index in [0.29, 0.717) is 22.3 Å². The molecule has 5 rings (SSSR count). The van der Waals surface area contributed by atoms with Crippen molar-refractivity contribution in [1.82, 2.24) is 19.3 Å². The summed E-state index contributed by atoms with van der Waals surface area (Å²) in [4.78, 5) is 34.8. The maximum Gasteiger partial charge on any atom is 0.241 e. The van der Waals surface area contributed by atoms with Crippen LogP contribution in [0.1, 0.15) is 35.8 Å². The highest BCUT2D eigenvalue weighted by Crippen LogP contribution is 2.33. The fraction of sp³-hybridized carbons (Fsp3) is 0.156. The number of nitrogens with zero attached hydrogens (tertiary/aromatic N) is 5. The van der Waals surface area contributed by atoms with Gasteiger partial charge in [-0.25, -0.2) is 13.8 Å². The van der Waals surface area contributed by atoms with Crippen LogP contribution in [0.5, 0.6) is 0 Å². The summed E-state index contributed by atoms with van der Waals surface area (Å²) < 4.78 is 32.2. The molecule has 0 saturated carbocycles. The Morgan fingerprint density at radius 2 is 1.74 bits per heavy atom. The fourth-order valence-electron chi connectivity index (χ4n) is 4.79. The van der Waals surface area contributed by atoms with Gasteiger partial charge in [0.1, 0.15) is 23.0 Å². The quantitative estimate of drug-likeness (QED) is 0.182. The average Bonchev–Trinajstić information content (AvgIpc) is 3.40. The Balaban J connectivity index is 1.51. The number of carbonyl (C=O) groups is 1. The third-order valence-electron chi connectivity index (χ3n) is 6.95. The van der Waals surface area contributed by atoms with Gasteiger partial charge in [0.2, 0.25) is 5.82 Å². The minimum absolute atomic E-state index is 0.0163. The number of halogens is 2. The lowest BCUT2D eigenvalue weighted by atomic mass is 9.96. The van der Waals surface area contributed by atoms with E-state index in [1.807, 2.05) is 20.0 Å². The molecule has 0 bridgehead atoms. The molecule has 2 aromatic carbocycles. The molecule has 0 radical (unpaired) electrons. The Labute approximate surface area is 240 Å². The zero-order valence-electron chi connectivity index (χ0n) is 23.1. The predicted octanol–water partition coefficient (Wildman–Crippen LogP) is 6.40. The number of Topliss-reactive ketones (excluding diaryl/α,β-unsaturated/α-hetero) is 1. The minimum Gasteiger partial charge on any atom is -0.383 e. The summed E-state index contributed by atoms with van der Waals surface area (Å²) in [6, 6.07) is 11.0. The smallest absolute Gasteiger partial charge is 0.241 e. The minimum atomic E-state index is -0.641. The molecule has 10 heteroatoms. The number of anilines is 1. The Kier molecular flexibility index (Phi) is 7.51. The predicted molar refractivity (Wildman–Crippen MR) is 157 cm³/mol. The number of hydrogen-bond acceptors (Lipinski definition) is 5. The lowest BCUT2D eigenvalue weighted by molar-refractivity contribution is 0.0991. The van der Waals surface area contributed by atoms with Gasteiger partial charge in [0.05, 0.1) is 24.0 Å². The number of nitrogens with two attached hydrogens (primary N) is 1. The number of hydrogen-bond donors (Lipinski definition) is 1. The molecule has 3 aromatic heterocycles. The van der Waals surface area contributed by atoms with Gasteiger partial charge in [-0.05, 0) is 49.2 Å². The monoisotopic (exact) mass is 564 g/mol. The van der Waals surface area contributed by atoms with E-state index in [-0.39, 0.29) is 40.8 Å². The maximum absolute atomic E-state index is 15.4. The molecule has 42 heavy (non-hydrogen) atoms. The van der Waals surface area contributed by atoms with Gasteiger partial charge < -0.3 is 10.6 Å². The van der Waals surface area contributed by atoms with Gasteiger partial charge in [0, 0.05) is 48.1 Å². The van der Waals surface area contributed by atoms with E-state index in [1.54, 1.807) is 40.8 Å². The number of pyridine rings is 2. The van der Waals surface area contributed by atoms with Crippen molar-refractivity contribution in [3.63, 3.8) is 0 Å². The highest BCUT2D eigenvalue weighted by Gasteiger charge is 2.24. The molecule has 8 nitrogen and oxygen atoms in total. The van der Waals surface area contributed by atoms with E-state index in [0.717, 1.165) is 5.56 Å². The highest BCUT2D eigenvalue weighted by molar-refractivity contribution is 5.99. The van der Waals surface area contributed by atoms with Crippen molar-refractivity contribution >= 4 is 17.4 Å². The maximum atomic E-state index is 15.4. The normalized spacial score (nSPS) is 11.1. The van der Waals surface area contributed by atoms with E-state index in [1.165, 1.54) is 42.6 Å². The number of aryl methyl sites for hydroxylation is 1. The van der Waals surface area contributed by atoms with Gasteiger partial charge in [-0.2, -0.15) is 5.10 Å². The highest BCUT2D eigenvalue weighted by atomic mass is 19.1. The first-order valence-electron chi connectivity index (χ1n) is 13.1. The summed E-state index contributed by atoms with van der Waals surface area (Å²) in [7, 11) is 1.79. The SMILES string of the molecule is [C-]#[N+]c1c(-c2ccc(F)cc2)c(=O)c(C(=O)Cc2ccc(-c3cc(-c4cnn(C)c4)cnc3N)c(F)c2)cn1C(C)C. The summed E-state index contributed by atoms with van der Waals surface area (Å²) in [5.74, 6) is -1.44. The fourth-order valence-corrected chi connectivity index (χ4v) is 4.79. The zero-order chi connectivity index (χ0) is 30.1. The topological polar surface area (TPSA) is 100 Å².